The van der Waals surface area contributed by atoms with Gasteiger partial charge in [0.25, 0.3) is 0 Å². The molecule has 3 aromatic carbocycles. The van der Waals surface area contributed by atoms with E-state index in [-0.39, 0.29) is 33.0 Å². The summed E-state index contributed by atoms with van der Waals surface area (Å²) in [7, 11) is -3.87. The number of nitrogens with zero attached hydrogens (tertiary/aromatic N) is 2. The number of aliphatic hydroxyl groups excluding tert-OH is 1. The van der Waals surface area contributed by atoms with Crippen molar-refractivity contribution in [2.24, 2.45) is 0 Å². The van der Waals surface area contributed by atoms with Crippen LogP contribution in [0, 0.1) is 11.6 Å². The molecule has 4 aromatic rings. The van der Waals surface area contributed by atoms with Crippen LogP contribution in [0.3, 0.4) is 0 Å². The molecule has 1 unspecified atom stereocenters. The largest absolute Gasteiger partial charge is 0.392 e. The van der Waals surface area contributed by atoms with Crippen molar-refractivity contribution in [2.75, 3.05) is 6.26 Å². The first kappa shape index (κ1) is 29.2. The van der Waals surface area contributed by atoms with E-state index in [1.807, 2.05) is 6.92 Å². The van der Waals surface area contributed by atoms with Gasteiger partial charge in [-0.25, -0.2) is 22.2 Å². The van der Waals surface area contributed by atoms with Crippen LogP contribution in [0.1, 0.15) is 49.3 Å². The molecular weight excluding hydrogens is 569 g/mol. The summed E-state index contributed by atoms with van der Waals surface area (Å²) in [6, 6.07) is 11.4. The molecule has 4 rings (SSSR count). The van der Waals surface area contributed by atoms with Gasteiger partial charge in [0.2, 0.25) is 0 Å². The van der Waals surface area contributed by atoms with Crippen LogP contribution in [-0.2, 0) is 22.0 Å². The van der Waals surface area contributed by atoms with Crippen molar-refractivity contribution in [3.63, 3.8) is 0 Å². The summed E-state index contributed by atoms with van der Waals surface area (Å²) in [4.78, 5) is 4.22. The summed E-state index contributed by atoms with van der Waals surface area (Å²) in [5.74, 6) is -1.76. The number of benzene rings is 3. The summed E-state index contributed by atoms with van der Waals surface area (Å²) < 4.78 is 56.3. The lowest BCUT2D eigenvalue weighted by molar-refractivity contribution is 0.0741. The van der Waals surface area contributed by atoms with Crippen LogP contribution in [0.25, 0.3) is 16.8 Å². The summed E-state index contributed by atoms with van der Waals surface area (Å²) in [6.45, 7) is 4.12. The average Bonchev–Trinajstić information content (AvgIpc) is 3.28. The molecule has 0 bridgehead atoms. The van der Waals surface area contributed by atoms with E-state index in [4.69, 9.17) is 23.2 Å². The van der Waals surface area contributed by atoms with Gasteiger partial charge in [0, 0.05) is 34.0 Å². The summed E-state index contributed by atoms with van der Waals surface area (Å²) in [5, 5.41) is 20.9. The Kier molecular flexibility index (Phi) is 7.95. The molecule has 0 spiro atoms. The van der Waals surface area contributed by atoms with E-state index in [1.54, 1.807) is 32.0 Å². The van der Waals surface area contributed by atoms with Gasteiger partial charge in [0.1, 0.15) is 23.1 Å². The molecular formula is C28H26Cl2F2N2O4S. The number of hydrogen-bond acceptors (Lipinski definition) is 5. The van der Waals surface area contributed by atoms with E-state index in [0.29, 0.717) is 21.4 Å². The lowest BCUT2D eigenvalue weighted by atomic mass is 9.99. The average molecular weight is 595 g/mol. The molecule has 1 aromatic heterocycles. The first-order chi connectivity index (χ1) is 18.1. The van der Waals surface area contributed by atoms with Crippen molar-refractivity contribution in [1.82, 2.24) is 9.55 Å². The zero-order chi connectivity index (χ0) is 28.9. The third kappa shape index (κ3) is 5.73. The highest BCUT2D eigenvalue weighted by Crippen LogP contribution is 2.38. The van der Waals surface area contributed by atoms with Crippen molar-refractivity contribution in [1.29, 1.82) is 0 Å². The fourth-order valence-electron chi connectivity index (χ4n) is 4.39. The molecule has 0 fully saturated rings. The Morgan fingerprint density at radius 1 is 1.03 bits per heavy atom. The number of imidazole rings is 1. The van der Waals surface area contributed by atoms with E-state index in [0.717, 1.165) is 18.4 Å². The highest BCUT2D eigenvalue weighted by Gasteiger charge is 2.28. The molecule has 0 saturated heterocycles. The van der Waals surface area contributed by atoms with Gasteiger partial charge in [-0.2, -0.15) is 0 Å². The standard InChI is InChI=1S/C28H26Cl2F2N2O4S/c1-15(26-19(29)6-5-7-20(26)30)27-33-25(28(2,3)36)13-34(27)23-9-8-16(10-22(23)32)17-11-21(31)18(14-35)24(12-17)39(4,37)38/h5-13,15,35-36H,14H2,1-4H3. The third-order valence-electron chi connectivity index (χ3n) is 6.43. The predicted molar refractivity (Wildman–Crippen MR) is 147 cm³/mol. The highest BCUT2D eigenvalue weighted by atomic mass is 35.5. The van der Waals surface area contributed by atoms with Crippen molar-refractivity contribution in [3.8, 4) is 16.8 Å². The minimum atomic E-state index is -3.87. The van der Waals surface area contributed by atoms with Crippen molar-refractivity contribution < 1.29 is 27.4 Å². The molecule has 206 valence electrons. The Hall–Kier alpha value is -2.82. The maximum Gasteiger partial charge on any atom is 0.176 e. The van der Waals surface area contributed by atoms with Gasteiger partial charge in [0.05, 0.1) is 22.9 Å². The topological polar surface area (TPSA) is 92.4 Å². The Morgan fingerprint density at radius 3 is 2.18 bits per heavy atom. The van der Waals surface area contributed by atoms with Crippen LogP contribution in [-0.4, -0.2) is 34.4 Å². The van der Waals surface area contributed by atoms with Gasteiger partial charge >= 0.3 is 0 Å². The first-order valence-corrected chi connectivity index (χ1v) is 14.5. The summed E-state index contributed by atoms with van der Waals surface area (Å²) >= 11 is 12.9. The molecule has 39 heavy (non-hydrogen) atoms. The number of aromatic nitrogens is 2. The molecule has 2 N–H and O–H groups in total. The summed E-state index contributed by atoms with van der Waals surface area (Å²) in [6.07, 6.45) is 2.42. The molecule has 0 aliphatic rings. The van der Waals surface area contributed by atoms with Crippen LogP contribution in [0.15, 0.2) is 59.6 Å². The number of sulfone groups is 1. The van der Waals surface area contributed by atoms with Gasteiger partial charge in [-0.3, -0.25) is 4.57 Å². The SMILES string of the molecule is CC(c1c(Cl)cccc1Cl)c1nc(C(C)(C)O)cn1-c1ccc(-c2cc(F)c(CO)c(S(C)(=O)=O)c2)cc1F. The van der Waals surface area contributed by atoms with E-state index >= 15 is 4.39 Å². The first-order valence-electron chi connectivity index (χ1n) is 11.8. The maximum atomic E-state index is 15.7. The van der Waals surface area contributed by atoms with Gasteiger partial charge in [0.15, 0.2) is 9.84 Å². The lowest BCUT2D eigenvalue weighted by Crippen LogP contribution is -2.16. The normalized spacial score (nSPS) is 13.1. The van der Waals surface area contributed by atoms with E-state index in [9.17, 15) is 23.0 Å². The van der Waals surface area contributed by atoms with Crippen LogP contribution < -0.4 is 0 Å². The molecule has 6 nitrogen and oxygen atoms in total. The van der Waals surface area contributed by atoms with Crippen molar-refractivity contribution >= 4 is 33.0 Å². The smallest absolute Gasteiger partial charge is 0.176 e. The zero-order valence-electron chi connectivity index (χ0n) is 21.5. The zero-order valence-corrected chi connectivity index (χ0v) is 23.8. The van der Waals surface area contributed by atoms with E-state index in [1.165, 1.54) is 29.0 Å². The maximum absolute atomic E-state index is 15.7. The van der Waals surface area contributed by atoms with E-state index in [2.05, 4.69) is 4.98 Å². The third-order valence-corrected chi connectivity index (χ3v) is 8.26. The molecule has 11 heteroatoms. The quantitative estimate of drug-likeness (QED) is 0.258. The van der Waals surface area contributed by atoms with Gasteiger partial charge in [-0.05, 0) is 66.9 Å². The van der Waals surface area contributed by atoms with Crippen LogP contribution in [0.5, 0.6) is 0 Å². The Morgan fingerprint density at radius 2 is 1.64 bits per heavy atom. The second-order valence-corrected chi connectivity index (χ2v) is 12.6. The van der Waals surface area contributed by atoms with Gasteiger partial charge < -0.3 is 10.2 Å². The fourth-order valence-corrected chi connectivity index (χ4v) is 6.06. The molecule has 1 atom stereocenters. The minimum absolute atomic E-state index is 0.0857. The number of rotatable bonds is 7. The number of hydrogen-bond donors (Lipinski definition) is 2. The fraction of sp³-hybridized carbons (Fsp3) is 0.250. The summed E-state index contributed by atoms with van der Waals surface area (Å²) in [5.41, 5.74) is -0.398. The van der Waals surface area contributed by atoms with Crippen LogP contribution >= 0.6 is 23.2 Å². The molecule has 1 heterocycles. The van der Waals surface area contributed by atoms with Crippen molar-refractivity contribution in [2.45, 2.75) is 43.8 Å². The number of aliphatic hydroxyl groups is 2. The second kappa shape index (κ2) is 10.6. The lowest BCUT2D eigenvalue weighted by Gasteiger charge is -2.18. The molecule has 0 saturated carbocycles. The Balaban J connectivity index is 1.88. The van der Waals surface area contributed by atoms with Gasteiger partial charge in [-0.15, -0.1) is 0 Å². The van der Waals surface area contributed by atoms with E-state index < -0.39 is 39.6 Å². The molecule has 0 radical (unpaired) electrons. The minimum Gasteiger partial charge on any atom is -0.392 e. The monoisotopic (exact) mass is 594 g/mol. The predicted octanol–water partition coefficient (Wildman–Crippen LogP) is 6.40. The van der Waals surface area contributed by atoms with Crippen LogP contribution in [0.2, 0.25) is 10.0 Å². The molecule has 0 aliphatic carbocycles. The highest BCUT2D eigenvalue weighted by molar-refractivity contribution is 7.90. The Labute approximate surface area is 235 Å². The number of halogens is 4. The van der Waals surface area contributed by atoms with Crippen molar-refractivity contribution in [3.05, 3.63) is 99.1 Å². The van der Waals surface area contributed by atoms with Crippen LogP contribution in [0.4, 0.5) is 8.78 Å². The van der Waals surface area contributed by atoms with Gasteiger partial charge in [-0.1, -0.05) is 42.3 Å². The molecule has 0 aliphatic heterocycles. The second-order valence-electron chi connectivity index (χ2n) is 9.80. The molecule has 0 amide bonds. The Bertz CT molecular complexity index is 1660.